The number of likely N-dealkylation sites (N-methyl/N-ethyl adjacent to an activating group) is 2. The molecule has 4 aromatic rings. The van der Waals surface area contributed by atoms with E-state index in [1.54, 1.807) is 14.1 Å². The molecule has 69 heavy (non-hydrogen) atoms. The maximum atomic E-state index is 12.7. The Morgan fingerprint density at radius 3 is 2.29 bits per heavy atom. The van der Waals surface area contributed by atoms with Crippen LogP contribution in [0.15, 0.2) is 54.9 Å². The van der Waals surface area contributed by atoms with Gasteiger partial charge in [0.05, 0.1) is 18.0 Å². The molecule has 4 heterocycles. The Hall–Kier alpha value is -4.89. The molecule has 1 unspecified atom stereocenters. The van der Waals surface area contributed by atoms with Gasteiger partial charge >= 0.3 is 0 Å². The number of carbonyl (C=O) groups is 3. The van der Waals surface area contributed by atoms with E-state index in [9.17, 15) is 14.4 Å². The maximum Gasteiger partial charge on any atom is 0.242 e. The van der Waals surface area contributed by atoms with Crippen molar-refractivity contribution < 1.29 is 19.1 Å². The number of hydrogen-bond acceptors (Lipinski definition) is 11. The van der Waals surface area contributed by atoms with E-state index in [4.69, 9.17) is 14.7 Å². The van der Waals surface area contributed by atoms with Crippen LogP contribution < -0.4 is 20.4 Å². The molecule has 1 atom stereocenters. The summed E-state index contributed by atoms with van der Waals surface area (Å²) in [6, 6.07) is 15.3. The summed E-state index contributed by atoms with van der Waals surface area (Å²) in [7, 11) is 5.14. The number of aldehydes is 1. The van der Waals surface area contributed by atoms with Gasteiger partial charge in [-0.05, 0) is 98.7 Å². The SMILES string of the molecule is CCC(CC)CNc1ncc2c(-c3ccc(CN4CCN(CC5CCN(CCOCCCc6ccc(N(C)C(CCC=O)C(=O)NC)c(N(C)C=O)c6)CC5)CC4)cc3)cn(C3CCCCC3)c2n1. The van der Waals surface area contributed by atoms with E-state index in [0.717, 1.165) is 144 Å². The highest BCUT2D eigenvalue weighted by molar-refractivity contribution is 5.94. The third kappa shape index (κ3) is 14.1. The first-order valence-electron chi connectivity index (χ1n) is 26.4. The minimum Gasteiger partial charge on any atom is -0.380 e. The summed E-state index contributed by atoms with van der Waals surface area (Å²) in [6.07, 6.45) is 19.6. The molecule has 7 rings (SSSR count). The minimum atomic E-state index is -0.524. The molecule has 2 aromatic heterocycles. The highest BCUT2D eigenvalue weighted by Gasteiger charge is 2.27. The molecule has 2 amide bonds. The zero-order valence-electron chi connectivity index (χ0n) is 42.5. The van der Waals surface area contributed by atoms with Gasteiger partial charge in [-0.3, -0.25) is 14.5 Å². The van der Waals surface area contributed by atoms with Crippen LogP contribution in [0.3, 0.4) is 0 Å². The van der Waals surface area contributed by atoms with Crippen molar-refractivity contribution >= 4 is 47.0 Å². The van der Waals surface area contributed by atoms with Crippen molar-refractivity contribution in [2.45, 2.75) is 116 Å². The second-order valence-corrected chi connectivity index (χ2v) is 20.0. The number of ether oxygens (including phenoxy) is 1. The first-order chi connectivity index (χ1) is 33.7. The fraction of sp³-hybridized carbons (Fsp3) is 0.618. The van der Waals surface area contributed by atoms with Crippen molar-refractivity contribution in [3.8, 4) is 11.1 Å². The molecule has 2 aromatic carbocycles. The van der Waals surface area contributed by atoms with E-state index < -0.39 is 6.04 Å². The second kappa shape index (κ2) is 26.4. The van der Waals surface area contributed by atoms with Crippen LogP contribution in [0.25, 0.3) is 22.2 Å². The van der Waals surface area contributed by atoms with Crippen molar-refractivity contribution in [2.24, 2.45) is 11.8 Å². The lowest BCUT2D eigenvalue weighted by Gasteiger charge is -2.39. The van der Waals surface area contributed by atoms with E-state index in [2.05, 4.69) is 86.5 Å². The number of piperidine rings is 1. The van der Waals surface area contributed by atoms with Crippen molar-refractivity contribution in [3.63, 3.8) is 0 Å². The molecule has 2 aliphatic heterocycles. The zero-order valence-corrected chi connectivity index (χ0v) is 42.5. The number of amides is 2. The third-order valence-corrected chi connectivity index (χ3v) is 15.4. The minimum absolute atomic E-state index is 0.166. The van der Waals surface area contributed by atoms with Gasteiger partial charge in [0.25, 0.3) is 0 Å². The lowest BCUT2D eigenvalue weighted by atomic mass is 9.95. The second-order valence-electron chi connectivity index (χ2n) is 20.0. The molecule has 0 radical (unpaired) electrons. The van der Waals surface area contributed by atoms with Crippen molar-refractivity contribution in [3.05, 3.63) is 66.0 Å². The van der Waals surface area contributed by atoms with Gasteiger partial charge in [0.15, 0.2) is 0 Å². The molecule has 2 N–H and O–H groups in total. The summed E-state index contributed by atoms with van der Waals surface area (Å²) in [4.78, 5) is 56.8. The topological polar surface area (TPSA) is 131 Å². The van der Waals surface area contributed by atoms with Crippen LogP contribution in [-0.4, -0.2) is 147 Å². The average molecular weight is 947 g/mol. The summed E-state index contributed by atoms with van der Waals surface area (Å²) in [5.41, 5.74) is 7.52. The van der Waals surface area contributed by atoms with Crippen LogP contribution >= 0.6 is 0 Å². The van der Waals surface area contributed by atoms with Crippen molar-refractivity contribution in [1.29, 1.82) is 0 Å². The molecule has 14 nitrogen and oxygen atoms in total. The Bertz CT molecular complexity index is 2210. The van der Waals surface area contributed by atoms with Crippen molar-refractivity contribution in [1.82, 2.24) is 34.6 Å². The predicted molar refractivity (Wildman–Crippen MR) is 280 cm³/mol. The fourth-order valence-electron chi connectivity index (χ4n) is 10.8. The van der Waals surface area contributed by atoms with Gasteiger partial charge in [0.1, 0.15) is 18.0 Å². The summed E-state index contributed by atoms with van der Waals surface area (Å²) < 4.78 is 8.57. The number of rotatable bonds is 26. The van der Waals surface area contributed by atoms with Crippen LogP contribution in [-0.2, 0) is 32.1 Å². The first kappa shape index (κ1) is 51.9. The number of aryl methyl sites for hydroxylation is 1. The van der Waals surface area contributed by atoms with Crippen LogP contribution in [0.2, 0.25) is 0 Å². The van der Waals surface area contributed by atoms with Gasteiger partial charge in [0, 0.05) is 116 Å². The van der Waals surface area contributed by atoms with Crippen LogP contribution in [0.1, 0.15) is 108 Å². The average Bonchev–Trinajstić information content (AvgIpc) is 3.77. The quantitative estimate of drug-likeness (QED) is 0.0469. The number of piperazine rings is 1. The monoisotopic (exact) mass is 947 g/mol. The first-order valence-corrected chi connectivity index (χ1v) is 26.4. The fourth-order valence-corrected chi connectivity index (χ4v) is 10.8. The van der Waals surface area contributed by atoms with Gasteiger partial charge < -0.3 is 44.3 Å². The number of carbonyl (C=O) groups excluding carboxylic acids is 3. The largest absolute Gasteiger partial charge is 0.380 e. The molecule has 0 spiro atoms. The Morgan fingerprint density at radius 2 is 1.59 bits per heavy atom. The Kier molecular flexibility index (Phi) is 19.8. The van der Waals surface area contributed by atoms with E-state index in [1.807, 2.05) is 24.1 Å². The van der Waals surface area contributed by atoms with Crippen LogP contribution in [0.4, 0.5) is 17.3 Å². The number of nitrogens with zero attached hydrogens (tertiary/aromatic N) is 8. The summed E-state index contributed by atoms with van der Waals surface area (Å²) in [5.74, 6) is 1.97. The number of anilines is 3. The Labute approximate surface area is 412 Å². The number of benzene rings is 2. The third-order valence-electron chi connectivity index (χ3n) is 15.4. The smallest absolute Gasteiger partial charge is 0.242 e. The molecule has 3 fully saturated rings. The number of hydrogen-bond donors (Lipinski definition) is 2. The van der Waals surface area contributed by atoms with Crippen LogP contribution in [0.5, 0.6) is 0 Å². The number of fused-ring (bicyclic) bond motifs is 1. The maximum absolute atomic E-state index is 12.7. The number of likely N-dealkylation sites (tertiary alicyclic amines) is 1. The lowest BCUT2D eigenvalue weighted by Crippen LogP contribution is -2.48. The standard InChI is InChI=1S/C55H82N10O4/c1-6-42(7-2)36-57-55-58-37-48-49(40-65(53(48)59-55)47-14-9-8-10-15-47)46-20-17-44(18-21-46)38-63-27-29-64(30-28-63)39-45-23-25-62(26-24-45)31-34-69-33-12-13-43-19-22-50(52(35-43)60(4)41-67)61(5)51(16-11-32-66)54(68)56-3/h17-22,32,35,37,40-42,45,47,51H,6-16,23-31,33-34,36,38-39H2,1-5H3,(H,56,68)(H,57,58,59). The molecule has 1 aliphatic carbocycles. The lowest BCUT2D eigenvalue weighted by molar-refractivity contribution is -0.122. The molecule has 1 saturated carbocycles. The van der Waals surface area contributed by atoms with E-state index in [0.29, 0.717) is 25.0 Å². The van der Waals surface area contributed by atoms with Crippen molar-refractivity contribution in [2.75, 3.05) is 108 Å². The summed E-state index contributed by atoms with van der Waals surface area (Å²) in [5, 5.41) is 7.40. The molecule has 0 bridgehead atoms. The van der Waals surface area contributed by atoms with Gasteiger partial charge in [0.2, 0.25) is 18.3 Å². The van der Waals surface area contributed by atoms with E-state index in [1.165, 1.54) is 73.1 Å². The highest BCUT2D eigenvalue weighted by Crippen LogP contribution is 2.37. The van der Waals surface area contributed by atoms with Crippen LogP contribution in [0, 0.1) is 11.8 Å². The zero-order chi connectivity index (χ0) is 48.5. The Balaban J connectivity index is 0.803. The van der Waals surface area contributed by atoms with Gasteiger partial charge in [-0.1, -0.05) is 76.3 Å². The van der Waals surface area contributed by atoms with Gasteiger partial charge in [-0.25, -0.2) is 4.98 Å². The predicted octanol–water partition coefficient (Wildman–Crippen LogP) is 8.05. The van der Waals surface area contributed by atoms with Gasteiger partial charge in [-0.15, -0.1) is 0 Å². The summed E-state index contributed by atoms with van der Waals surface area (Å²) in [6.45, 7) is 16.8. The summed E-state index contributed by atoms with van der Waals surface area (Å²) >= 11 is 0. The number of aromatic nitrogens is 3. The molecular weight excluding hydrogens is 865 g/mol. The highest BCUT2D eigenvalue weighted by atomic mass is 16.5. The van der Waals surface area contributed by atoms with E-state index in [-0.39, 0.29) is 12.3 Å². The normalized spacial score (nSPS) is 17.3. The van der Waals surface area contributed by atoms with E-state index >= 15 is 0 Å². The van der Waals surface area contributed by atoms with Gasteiger partial charge in [-0.2, -0.15) is 4.98 Å². The molecule has 2 saturated heterocycles. The molecular formula is C55H82N10O4. The molecule has 376 valence electrons. The molecule has 14 heteroatoms. The number of nitrogens with one attached hydrogen (secondary N) is 2. The Morgan fingerprint density at radius 1 is 0.870 bits per heavy atom. The molecule has 3 aliphatic rings.